The summed E-state index contributed by atoms with van der Waals surface area (Å²) in [6, 6.07) is 0.952. The van der Waals surface area contributed by atoms with Gasteiger partial charge in [0.05, 0.1) is 0 Å². The lowest BCUT2D eigenvalue weighted by Gasteiger charge is -2.26. The van der Waals surface area contributed by atoms with Gasteiger partial charge in [-0.25, -0.2) is 4.79 Å². The minimum Gasteiger partial charge on any atom is -0.336 e. The topological polar surface area (TPSA) is 35.6 Å². The summed E-state index contributed by atoms with van der Waals surface area (Å²) in [5.74, 6) is 0. The third-order valence-electron chi connectivity index (χ3n) is 3.87. The molecule has 0 aromatic rings. The maximum absolute atomic E-state index is 12.1. The first kappa shape index (κ1) is 15.3. The molecule has 18 heavy (non-hydrogen) atoms. The van der Waals surface area contributed by atoms with Gasteiger partial charge in [0.15, 0.2) is 0 Å². The zero-order valence-electron chi connectivity index (χ0n) is 12.4. The second-order valence-corrected chi connectivity index (χ2v) is 5.25. The van der Waals surface area contributed by atoms with Crippen molar-refractivity contribution in [2.24, 2.45) is 0 Å². The van der Waals surface area contributed by atoms with Crippen LogP contribution in [0.25, 0.3) is 0 Å². The molecule has 0 bridgehead atoms. The summed E-state index contributed by atoms with van der Waals surface area (Å²) in [7, 11) is 0. The van der Waals surface area contributed by atoms with E-state index in [9.17, 15) is 4.79 Å². The third-order valence-corrected chi connectivity index (χ3v) is 3.87. The summed E-state index contributed by atoms with van der Waals surface area (Å²) in [5.41, 5.74) is 0. The molecule has 4 nitrogen and oxygen atoms in total. The molecule has 0 aromatic carbocycles. The van der Waals surface area contributed by atoms with Crippen molar-refractivity contribution in [3.8, 4) is 0 Å². The largest absolute Gasteiger partial charge is 0.336 e. The van der Waals surface area contributed by atoms with E-state index in [1.807, 2.05) is 4.90 Å². The van der Waals surface area contributed by atoms with Crippen LogP contribution in [0, 0.1) is 0 Å². The van der Waals surface area contributed by atoms with E-state index >= 15 is 0 Å². The van der Waals surface area contributed by atoms with Crippen LogP contribution in [0.15, 0.2) is 0 Å². The number of nitrogens with zero attached hydrogens (tertiary/aromatic N) is 2. The molecule has 1 fully saturated rings. The molecule has 0 saturated carbocycles. The highest BCUT2D eigenvalue weighted by molar-refractivity contribution is 5.74. The highest BCUT2D eigenvalue weighted by atomic mass is 16.2. The van der Waals surface area contributed by atoms with E-state index in [-0.39, 0.29) is 12.1 Å². The Labute approximate surface area is 112 Å². The van der Waals surface area contributed by atoms with Gasteiger partial charge >= 0.3 is 6.03 Å². The highest BCUT2D eigenvalue weighted by Gasteiger charge is 2.29. The van der Waals surface area contributed by atoms with Gasteiger partial charge in [0.2, 0.25) is 0 Å². The molecule has 4 heteroatoms. The average molecular weight is 255 g/mol. The molecule has 2 atom stereocenters. The number of amides is 2. The zero-order chi connectivity index (χ0) is 13.5. The van der Waals surface area contributed by atoms with Crippen LogP contribution in [0.2, 0.25) is 0 Å². The number of rotatable bonds is 6. The van der Waals surface area contributed by atoms with Gasteiger partial charge < -0.3 is 10.2 Å². The minimum absolute atomic E-state index is 0.116. The molecule has 1 N–H and O–H groups in total. The molecular weight excluding hydrogens is 226 g/mol. The summed E-state index contributed by atoms with van der Waals surface area (Å²) < 4.78 is 0. The molecule has 0 radical (unpaired) electrons. The Morgan fingerprint density at radius 2 is 2.06 bits per heavy atom. The van der Waals surface area contributed by atoms with Gasteiger partial charge in [0.1, 0.15) is 0 Å². The summed E-state index contributed by atoms with van der Waals surface area (Å²) in [6.07, 6.45) is 3.28. The lowest BCUT2D eigenvalue weighted by Crippen LogP contribution is -2.44. The molecule has 0 spiro atoms. The van der Waals surface area contributed by atoms with Gasteiger partial charge in [-0.15, -0.1) is 0 Å². The second kappa shape index (κ2) is 7.62. The first-order chi connectivity index (χ1) is 8.62. The van der Waals surface area contributed by atoms with E-state index in [2.05, 4.69) is 37.9 Å². The van der Waals surface area contributed by atoms with Crippen LogP contribution in [0.4, 0.5) is 4.79 Å². The molecule has 0 aliphatic carbocycles. The fourth-order valence-corrected chi connectivity index (χ4v) is 2.77. The molecule has 2 amide bonds. The van der Waals surface area contributed by atoms with Crippen LogP contribution < -0.4 is 5.32 Å². The van der Waals surface area contributed by atoms with E-state index < -0.39 is 0 Å². The van der Waals surface area contributed by atoms with E-state index in [0.29, 0.717) is 6.04 Å². The van der Waals surface area contributed by atoms with Crippen molar-refractivity contribution in [1.29, 1.82) is 0 Å². The van der Waals surface area contributed by atoms with Crippen LogP contribution in [-0.2, 0) is 0 Å². The van der Waals surface area contributed by atoms with Crippen LogP contribution >= 0.6 is 0 Å². The van der Waals surface area contributed by atoms with Gasteiger partial charge in [-0.1, -0.05) is 27.2 Å². The summed E-state index contributed by atoms with van der Waals surface area (Å²) in [6.45, 7) is 12.5. The zero-order valence-corrected chi connectivity index (χ0v) is 12.4. The molecule has 0 unspecified atom stereocenters. The van der Waals surface area contributed by atoms with Crippen molar-refractivity contribution in [1.82, 2.24) is 15.1 Å². The second-order valence-electron chi connectivity index (χ2n) is 5.25. The van der Waals surface area contributed by atoms with Crippen LogP contribution in [0.3, 0.4) is 0 Å². The summed E-state index contributed by atoms with van der Waals surface area (Å²) >= 11 is 0. The van der Waals surface area contributed by atoms with Crippen LogP contribution in [0.5, 0.6) is 0 Å². The minimum atomic E-state index is 0.116. The molecule has 1 rings (SSSR count). The molecule has 1 heterocycles. The van der Waals surface area contributed by atoms with E-state index in [0.717, 1.165) is 45.4 Å². The number of hydrogen-bond donors (Lipinski definition) is 1. The van der Waals surface area contributed by atoms with E-state index in [1.54, 1.807) is 0 Å². The first-order valence-corrected chi connectivity index (χ1v) is 7.41. The van der Waals surface area contributed by atoms with E-state index in [4.69, 9.17) is 0 Å². The number of nitrogens with one attached hydrogen (secondary N) is 1. The average Bonchev–Trinajstić information content (AvgIpc) is 2.80. The maximum Gasteiger partial charge on any atom is 0.317 e. The standard InChI is InChI=1S/C14H29N3O/c1-5-8-12(4)15-14(18)17-10-9-13(11-17)16(6-2)7-3/h12-13H,5-11H2,1-4H3,(H,15,18)/t12-,13-/m1/s1. The van der Waals surface area contributed by atoms with Gasteiger partial charge in [0.25, 0.3) is 0 Å². The molecule has 1 aliphatic heterocycles. The summed E-state index contributed by atoms with van der Waals surface area (Å²) in [5, 5.41) is 3.09. The van der Waals surface area contributed by atoms with E-state index in [1.165, 1.54) is 0 Å². The Morgan fingerprint density at radius 3 is 2.61 bits per heavy atom. The number of hydrogen-bond acceptors (Lipinski definition) is 2. The number of carbonyl (C=O) groups is 1. The number of likely N-dealkylation sites (N-methyl/N-ethyl adjacent to an activating group) is 1. The number of urea groups is 1. The Hall–Kier alpha value is -0.770. The lowest BCUT2D eigenvalue weighted by molar-refractivity contribution is 0.190. The highest BCUT2D eigenvalue weighted by Crippen LogP contribution is 2.15. The van der Waals surface area contributed by atoms with Crippen molar-refractivity contribution < 1.29 is 4.79 Å². The van der Waals surface area contributed by atoms with Gasteiger partial charge in [-0.05, 0) is 32.9 Å². The van der Waals surface area contributed by atoms with Gasteiger partial charge in [-0.3, -0.25) is 4.90 Å². The van der Waals surface area contributed by atoms with Gasteiger partial charge in [0, 0.05) is 25.2 Å². The fourth-order valence-electron chi connectivity index (χ4n) is 2.77. The number of likely N-dealkylation sites (tertiary alicyclic amines) is 1. The number of carbonyl (C=O) groups excluding carboxylic acids is 1. The van der Waals surface area contributed by atoms with Crippen molar-refractivity contribution in [3.05, 3.63) is 0 Å². The Balaban J connectivity index is 2.38. The SMILES string of the molecule is CCC[C@@H](C)NC(=O)N1CC[C@@H](N(CC)CC)C1. The lowest BCUT2D eigenvalue weighted by atomic mass is 10.2. The van der Waals surface area contributed by atoms with Crippen molar-refractivity contribution in [2.45, 2.75) is 59.0 Å². The normalized spacial score (nSPS) is 21.4. The summed E-state index contributed by atoms with van der Waals surface area (Å²) in [4.78, 5) is 16.5. The molecule has 1 saturated heterocycles. The monoisotopic (exact) mass is 255 g/mol. The van der Waals surface area contributed by atoms with Gasteiger partial charge in [-0.2, -0.15) is 0 Å². The molecular formula is C14H29N3O. The molecule has 1 aliphatic rings. The third kappa shape index (κ3) is 4.16. The smallest absolute Gasteiger partial charge is 0.317 e. The molecule has 106 valence electrons. The Kier molecular flexibility index (Phi) is 6.47. The quantitative estimate of drug-likeness (QED) is 0.790. The van der Waals surface area contributed by atoms with Crippen molar-refractivity contribution in [3.63, 3.8) is 0 Å². The predicted molar refractivity (Wildman–Crippen MR) is 75.8 cm³/mol. The van der Waals surface area contributed by atoms with Crippen molar-refractivity contribution in [2.75, 3.05) is 26.2 Å². The Bertz CT molecular complexity index is 253. The fraction of sp³-hybridized carbons (Fsp3) is 0.929. The first-order valence-electron chi connectivity index (χ1n) is 7.41. The Morgan fingerprint density at radius 1 is 1.39 bits per heavy atom. The predicted octanol–water partition coefficient (Wildman–Crippen LogP) is 2.30. The maximum atomic E-state index is 12.1. The van der Waals surface area contributed by atoms with Crippen molar-refractivity contribution >= 4 is 6.03 Å². The van der Waals surface area contributed by atoms with Crippen LogP contribution in [0.1, 0.15) is 47.0 Å². The molecule has 0 aromatic heterocycles. The van der Waals surface area contributed by atoms with Crippen LogP contribution in [-0.4, -0.2) is 54.1 Å².